The molecular weight excluding hydrogens is 270 g/mol. The Morgan fingerprint density at radius 2 is 2.14 bits per heavy atom. The van der Waals surface area contributed by atoms with Crippen LogP contribution in [0.25, 0.3) is 0 Å². The van der Waals surface area contributed by atoms with E-state index in [1.165, 1.54) is 0 Å². The number of benzene rings is 1. The number of aromatic nitrogens is 2. The van der Waals surface area contributed by atoms with Crippen molar-refractivity contribution in [1.82, 2.24) is 15.0 Å². The van der Waals surface area contributed by atoms with E-state index in [1.54, 1.807) is 12.1 Å². The predicted molar refractivity (Wildman–Crippen MR) is 76.0 cm³/mol. The van der Waals surface area contributed by atoms with Gasteiger partial charge in [-0.2, -0.15) is 4.98 Å². The monoisotopic (exact) mass is 289 g/mol. The number of morpholine rings is 1. The minimum absolute atomic E-state index is 0.115. The Kier molecular flexibility index (Phi) is 4.17. The van der Waals surface area contributed by atoms with Crippen molar-refractivity contribution in [2.75, 3.05) is 26.2 Å². The van der Waals surface area contributed by atoms with Gasteiger partial charge < -0.3 is 14.4 Å². The van der Waals surface area contributed by atoms with Crippen LogP contribution >= 0.6 is 0 Å². The minimum Gasteiger partial charge on any atom is -0.508 e. The molecule has 3 rings (SSSR count). The number of phenols is 1. The normalized spacial score (nSPS) is 19.8. The van der Waals surface area contributed by atoms with Crippen molar-refractivity contribution in [1.29, 1.82) is 0 Å². The molecule has 6 nitrogen and oxygen atoms in total. The van der Waals surface area contributed by atoms with Crippen molar-refractivity contribution in [3.05, 3.63) is 41.5 Å². The zero-order valence-electron chi connectivity index (χ0n) is 12.0. The van der Waals surface area contributed by atoms with Crippen LogP contribution in [0.1, 0.15) is 30.3 Å². The SMILES string of the molecule is CCN1CCOC(c2noc(Cc3ccc(O)cc3)n2)C1. The molecule has 2 heterocycles. The van der Waals surface area contributed by atoms with Crippen molar-refractivity contribution in [2.45, 2.75) is 19.4 Å². The highest BCUT2D eigenvalue weighted by atomic mass is 16.5. The lowest BCUT2D eigenvalue weighted by atomic mass is 10.1. The summed E-state index contributed by atoms with van der Waals surface area (Å²) in [5.41, 5.74) is 1.02. The molecule has 0 spiro atoms. The summed E-state index contributed by atoms with van der Waals surface area (Å²) >= 11 is 0. The van der Waals surface area contributed by atoms with Gasteiger partial charge in [0, 0.05) is 13.1 Å². The van der Waals surface area contributed by atoms with Crippen LogP contribution in [0.5, 0.6) is 5.75 Å². The Morgan fingerprint density at radius 1 is 1.33 bits per heavy atom. The zero-order valence-corrected chi connectivity index (χ0v) is 12.0. The molecule has 112 valence electrons. The van der Waals surface area contributed by atoms with E-state index in [4.69, 9.17) is 9.26 Å². The fourth-order valence-electron chi connectivity index (χ4n) is 2.41. The van der Waals surface area contributed by atoms with Gasteiger partial charge in [-0.25, -0.2) is 0 Å². The molecule has 0 bridgehead atoms. The number of rotatable bonds is 4. The Bertz CT molecular complexity index is 582. The van der Waals surface area contributed by atoms with E-state index in [9.17, 15) is 5.11 Å². The number of aromatic hydroxyl groups is 1. The second kappa shape index (κ2) is 6.24. The summed E-state index contributed by atoms with van der Waals surface area (Å²) in [6.07, 6.45) is 0.438. The van der Waals surface area contributed by atoms with Gasteiger partial charge in [-0.05, 0) is 24.2 Å². The largest absolute Gasteiger partial charge is 0.508 e. The first-order valence-electron chi connectivity index (χ1n) is 7.19. The zero-order chi connectivity index (χ0) is 14.7. The average Bonchev–Trinajstić information content (AvgIpc) is 2.98. The first-order chi connectivity index (χ1) is 10.2. The maximum atomic E-state index is 9.27. The molecule has 0 aliphatic carbocycles. The van der Waals surface area contributed by atoms with Crippen molar-refractivity contribution in [2.24, 2.45) is 0 Å². The third-order valence-corrected chi connectivity index (χ3v) is 3.66. The van der Waals surface area contributed by atoms with Crippen LogP contribution in [0.3, 0.4) is 0 Å². The maximum Gasteiger partial charge on any atom is 0.231 e. The number of likely N-dealkylation sites (N-methyl/N-ethyl adjacent to an activating group) is 1. The Morgan fingerprint density at radius 3 is 2.90 bits per heavy atom. The fourth-order valence-corrected chi connectivity index (χ4v) is 2.41. The standard InChI is InChI=1S/C15H19N3O3/c1-2-18-7-8-20-13(10-18)15-16-14(21-17-15)9-11-3-5-12(19)6-4-11/h3-6,13,19H,2,7-10H2,1H3. The molecule has 1 aliphatic heterocycles. The summed E-state index contributed by atoms with van der Waals surface area (Å²) in [4.78, 5) is 6.74. The van der Waals surface area contributed by atoms with Gasteiger partial charge >= 0.3 is 0 Å². The molecule has 6 heteroatoms. The lowest BCUT2D eigenvalue weighted by Gasteiger charge is -2.30. The lowest BCUT2D eigenvalue weighted by Crippen LogP contribution is -2.38. The van der Waals surface area contributed by atoms with Gasteiger partial charge in [0.15, 0.2) is 0 Å². The van der Waals surface area contributed by atoms with E-state index in [0.717, 1.165) is 25.2 Å². The van der Waals surface area contributed by atoms with Gasteiger partial charge in [-0.1, -0.05) is 24.2 Å². The summed E-state index contributed by atoms with van der Waals surface area (Å²) in [5.74, 6) is 1.43. The number of hydrogen-bond donors (Lipinski definition) is 1. The third kappa shape index (κ3) is 3.40. The second-order valence-electron chi connectivity index (χ2n) is 5.14. The quantitative estimate of drug-likeness (QED) is 0.924. The molecule has 1 saturated heterocycles. The topological polar surface area (TPSA) is 71.6 Å². The Balaban J connectivity index is 1.67. The molecule has 1 N–H and O–H groups in total. The first kappa shape index (κ1) is 14.0. The van der Waals surface area contributed by atoms with Gasteiger partial charge in [0.25, 0.3) is 0 Å². The molecule has 0 saturated carbocycles. The van der Waals surface area contributed by atoms with Crippen LogP contribution in [0.15, 0.2) is 28.8 Å². The lowest BCUT2D eigenvalue weighted by molar-refractivity contribution is -0.0334. The first-order valence-corrected chi connectivity index (χ1v) is 7.19. The van der Waals surface area contributed by atoms with Crippen LogP contribution in [-0.4, -0.2) is 46.4 Å². The number of phenolic OH excluding ortho intramolecular Hbond substituents is 1. The highest BCUT2D eigenvalue weighted by molar-refractivity contribution is 5.27. The number of nitrogens with zero attached hydrogens (tertiary/aromatic N) is 3. The molecular formula is C15H19N3O3. The van der Waals surface area contributed by atoms with Crippen LogP contribution in [0.2, 0.25) is 0 Å². The Hall–Kier alpha value is -1.92. The molecule has 0 radical (unpaired) electrons. The smallest absolute Gasteiger partial charge is 0.231 e. The molecule has 1 aromatic carbocycles. The van der Waals surface area contributed by atoms with E-state index in [0.29, 0.717) is 24.7 Å². The third-order valence-electron chi connectivity index (χ3n) is 3.66. The molecule has 1 atom stereocenters. The average molecular weight is 289 g/mol. The van der Waals surface area contributed by atoms with Crippen LogP contribution in [0.4, 0.5) is 0 Å². The highest BCUT2D eigenvalue weighted by Gasteiger charge is 2.25. The molecule has 1 aliphatic rings. The summed E-state index contributed by atoms with van der Waals surface area (Å²) in [6.45, 7) is 5.58. The van der Waals surface area contributed by atoms with E-state index in [2.05, 4.69) is 22.0 Å². The fraction of sp³-hybridized carbons (Fsp3) is 0.467. The summed E-state index contributed by atoms with van der Waals surface area (Å²) < 4.78 is 11.0. The Labute approximate surface area is 123 Å². The van der Waals surface area contributed by atoms with Crippen molar-refractivity contribution in [3.63, 3.8) is 0 Å². The van der Waals surface area contributed by atoms with Crippen LogP contribution in [0, 0.1) is 0 Å². The molecule has 1 aromatic heterocycles. The minimum atomic E-state index is -0.115. The van der Waals surface area contributed by atoms with Gasteiger partial charge in [0.1, 0.15) is 11.9 Å². The van der Waals surface area contributed by atoms with E-state index < -0.39 is 0 Å². The van der Waals surface area contributed by atoms with Crippen LogP contribution in [-0.2, 0) is 11.2 Å². The van der Waals surface area contributed by atoms with E-state index in [-0.39, 0.29) is 11.9 Å². The van der Waals surface area contributed by atoms with Gasteiger partial charge in [-0.15, -0.1) is 0 Å². The molecule has 1 fully saturated rings. The van der Waals surface area contributed by atoms with Crippen molar-refractivity contribution >= 4 is 0 Å². The second-order valence-corrected chi connectivity index (χ2v) is 5.14. The van der Waals surface area contributed by atoms with Gasteiger partial charge in [-0.3, -0.25) is 4.90 Å². The number of hydrogen-bond acceptors (Lipinski definition) is 6. The predicted octanol–water partition coefficient (Wildman–Crippen LogP) is 1.76. The molecule has 0 amide bonds. The summed E-state index contributed by atoms with van der Waals surface area (Å²) in [5, 5.41) is 13.3. The summed E-state index contributed by atoms with van der Waals surface area (Å²) in [7, 11) is 0. The van der Waals surface area contributed by atoms with E-state index >= 15 is 0 Å². The number of ether oxygens (including phenoxy) is 1. The molecule has 1 unspecified atom stereocenters. The van der Waals surface area contributed by atoms with Crippen molar-refractivity contribution < 1.29 is 14.4 Å². The van der Waals surface area contributed by atoms with Gasteiger partial charge in [0.2, 0.25) is 11.7 Å². The molecule has 21 heavy (non-hydrogen) atoms. The van der Waals surface area contributed by atoms with E-state index in [1.807, 2.05) is 12.1 Å². The molecule has 2 aromatic rings. The highest BCUT2D eigenvalue weighted by Crippen LogP contribution is 2.20. The maximum absolute atomic E-state index is 9.27. The van der Waals surface area contributed by atoms with Crippen LogP contribution < -0.4 is 0 Å². The van der Waals surface area contributed by atoms with Crippen molar-refractivity contribution in [3.8, 4) is 5.75 Å². The summed E-state index contributed by atoms with van der Waals surface area (Å²) in [6, 6.07) is 6.98. The van der Waals surface area contributed by atoms with Gasteiger partial charge in [0.05, 0.1) is 13.0 Å².